The molecule has 2 rings (SSSR count). The lowest BCUT2D eigenvalue weighted by Gasteiger charge is -2.12. The lowest BCUT2D eigenvalue weighted by molar-refractivity contribution is 0.396. The van der Waals surface area contributed by atoms with Crippen LogP contribution < -0.4 is 10.7 Å². The molecule has 1 aromatic carbocycles. The predicted molar refractivity (Wildman–Crippen MR) is 77.4 cm³/mol. The predicted octanol–water partition coefficient (Wildman–Crippen LogP) is 0.548. The van der Waals surface area contributed by atoms with Crippen LogP contribution in [0.5, 0.6) is 0 Å². The van der Waals surface area contributed by atoms with Gasteiger partial charge in [-0.25, -0.2) is 0 Å². The van der Waals surface area contributed by atoms with Crippen LogP contribution >= 0.6 is 0 Å². The monoisotopic (exact) mass is 260 g/mol. The SMILES string of the molecule is CN(C)CCNCCn1ncc(=O)c2ccccc21. The molecule has 0 atom stereocenters. The summed E-state index contributed by atoms with van der Waals surface area (Å²) in [6, 6.07) is 7.59. The van der Waals surface area contributed by atoms with Gasteiger partial charge < -0.3 is 10.2 Å². The Labute approximate surface area is 112 Å². The highest BCUT2D eigenvalue weighted by Gasteiger charge is 2.02. The zero-order valence-corrected chi connectivity index (χ0v) is 11.5. The minimum Gasteiger partial charge on any atom is -0.314 e. The van der Waals surface area contributed by atoms with Crippen LogP contribution in [0.4, 0.5) is 0 Å². The fourth-order valence-corrected chi connectivity index (χ4v) is 1.95. The number of nitrogens with zero attached hydrogens (tertiary/aromatic N) is 3. The second kappa shape index (κ2) is 6.45. The van der Waals surface area contributed by atoms with Crippen LogP contribution in [0.3, 0.4) is 0 Å². The second-order valence-electron chi connectivity index (χ2n) is 4.80. The molecule has 0 aliphatic heterocycles. The molecule has 0 saturated carbocycles. The van der Waals surface area contributed by atoms with E-state index in [-0.39, 0.29) is 5.43 Å². The third kappa shape index (κ3) is 3.62. The Morgan fingerprint density at radius 2 is 2.05 bits per heavy atom. The first kappa shape index (κ1) is 13.7. The van der Waals surface area contributed by atoms with Gasteiger partial charge >= 0.3 is 0 Å². The molecular weight excluding hydrogens is 240 g/mol. The minimum absolute atomic E-state index is 0.0209. The maximum Gasteiger partial charge on any atom is 0.207 e. The molecule has 0 aliphatic carbocycles. The fraction of sp³-hybridized carbons (Fsp3) is 0.429. The van der Waals surface area contributed by atoms with Crippen LogP contribution in [-0.4, -0.2) is 48.4 Å². The fourth-order valence-electron chi connectivity index (χ4n) is 1.95. The average molecular weight is 260 g/mol. The summed E-state index contributed by atoms with van der Waals surface area (Å²) in [4.78, 5) is 13.8. The Morgan fingerprint density at radius 1 is 1.26 bits per heavy atom. The van der Waals surface area contributed by atoms with Gasteiger partial charge in [0.2, 0.25) is 5.43 Å². The number of likely N-dealkylation sites (N-methyl/N-ethyl adjacent to an activating group) is 1. The van der Waals surface area contributed by atoms with Crippen molar-refractivity contribution in [2.24, 2.45) is 0 Å². The van der Waals surface area contributed by atoms with Crippen LogP contribution in [0.1, 0.15) is 0 Å². The van der Waals surface area contributed by atoms with Crippen LogP contribution in [0, 0.1) is 0 Å². The summed E-state index contributed by atoms with van der Waals surface area (Å²) < 4.78 is 1.87. The third-order valence-corrected chi connectivity index (χ3v) is 3.00. The van der Waals surface area contributed by atoms with Crippen molar-refractivity contribution in [2.45, 2.75) is 6.54 Å². The van der Waals surface area contributed by atoms with Crippen molar-refractivity contribution in [1.29, 1.82) is 0 Å². The van der Waals surface area contributed by atoms with E-state index in [1.807, 2.05) is 28.9 Å². The van der Waals surface area contributed by atoms with E-state index in [4.69, 9.17) is 0 Å². The number of fused-ring (bicyclic) bond motifs is 1. The standard InChI is InChI=1S/C14H20N4O/c1-17(2)9-7-15-8-10-18-13-6-4-3-5-12(13)14(19)11-16-18/h3-6,11,15H,7-10H2,1-2H3. The number of benzene rings is 1. The van der Waals surface area contributed by atoms with Crippen LogP contribution in [-0.2, 0) is 6.54 Å². The highest BCUT2D eigenvalue weighted by molar-refractivity contribution is 5.77. The number of aromatic nitrogens is 2. The Balaban J connectivity index is 2.01. The van der Waals surface area contributed by atoms with Crippen molar-refractivity contribution < 1.29 is 0 Å². The largest absolute Gasteiger partial charge is 0.314 e. The van der Waals surface area contributed by atoms with Gasteiger partial charge in [-0.1, -0.05) is 12.1 Å². The molecule has 1 aromatic heterocycles. The van der Waals surface area contributed by atoms with Gasteiger partial charge in [-0.3, -0.25) is 9.48 Å². The van der Waals surface area contributed by atoms with E-state index in [0.717, 1.165) is 37.1 Å². The molecule has 5 nitrogen and oxygen atoms in total. The first-order chi connectivity index (χ1) is 9.18. The van der Waals surface area contributed by atoms with Crippen molar-refractivity contribution in [3.63, 3.8) is 0 Å². The molecule has 0 amide bonds. The van der Waals surface area contributed by atoms with Crippen LogP contribution in [0.25, 0.3) is 10.9 Å². The van der Waals surface area contributed by atoms with Crippen LogP contribution in [0.2, 0.25) is 0 Å². The molecular formula is C14H20N4O. The summed E-state index contributed by atoms with van der Waals surface area (Å²) in [5, 5.41) is 8.28. The topological polar surface area (TPSA) is 50.2 Å². The van der Waals surface area contributed by atoms with E-state index in [2.05, 4.69) is 29.4 Å². The number of rotatable bonds is 6. The maximum atomic E-state index is 11.7. The van der Waals surface area contributed by atoms with Gasteiger partial charge in [0.15, 0.2) is 0 Å². The molecule has 19 heavy (non-hydrogen) atoms. The lowest BCUT2D eigenvalue weighted by atomic mass is 10.2. The summed E-state index contributed by atoms with van der Waals surface area (Å²) >= 11 is 0. The van der Waals surface area contributed by atoms with E-state index in [9.17, 15) is 4.79 Å². The quantitative estimate of drug-likeness (QED) is 0.771. The summed E-state index contributed by atoms with van der Waals surface area (Å²) in [6.07, 6.45) is 1.39. The summed E-state index contributed by atoms with van der Waals surface area (Å²) in [5.74, 6) is 0. The number of hydrogen-bond acceptors (Lipinski definition) is 4. The summed E-state index contributed by atoms with van der Waals surface area (Å²) in [5.41, 5.74) is 0.872. The first-order valence-electron chi connectivity index (χ1n) is 6.49. The Morgan fingerprint density at radius 3 is 2.84 bits per heavy atom. The van der Waals surface area contributed by atoms with Crippen molar-refractivity contribution in [3.8, 4) is 0 Å². The molecule has 5 heteroatoms. The number of nitrogens with one attached hydrogen (secondary N) is 1. The summed E-state index contributed by atoms with van der Waals surface area (Å²) in [6.45, 7) is 3.56. The van der Waals surface area contributed by atoms with Crippen molar-refractivity contribution in [2.75, 3.05) is 33.7 Å². The van der Waals surface area contributed by atoms with Crippen LogP contribution in [0.15, 0.2) is 35.3 Å². The molecule has 0 radical (unpaired) electrons. The Hall–Kier alpha value is -1.72. The van der Waals surface area contributed by atoms with Gasteiger partial charge in [0.1, 0.15) is 0 Å². The molecule has 0 unspecified atom stereocenters. The van der Waals surface area contributed by atoms with Gasteiger partial charge in [-0.15, -0.1) is 0 Å². The van der Waals surface area contributed by atoms with E-state index in [1.165, 1.54) is 6.20 Å². The molecule has 0 saturated heterocycles. The number of hydrogen-bond donors (Lipinski definition) is 1. The highest BCUT2D eigenvalue weighted by atomic mass is 16.1. The zero-order valence-electron chi connectivity index (χ0n) is 11.5. The van der Waals surface area contributed by atoms with Gasteiger partial charge in [-0.05, 0) is 26.2 Å². The summed E-state index contributed by atoms with van der Waals surface area (Å²) in [7, 11) is 4.11. The molecule has 0 bridgehead atoms. The van der Waals surface area contributed by atoms with E-state index in [1.54, 1.807) is 0 Å². The van der Waals surface area contributed by atoms with Crippen molar-refractivity contribution in [1.82, 2.24) is 20.0 Å². The molecule has 0 fully saturated rings. The van der Waals surface area contributed by atoms with Gasteiger partial charge in [0.05, 0.1) is 18.3 Å². The molecule has 2 aromatic rings. The molecule has 102 valence electrons. The first-order valence-corrected chi connectivity index (χ1v) is 6.49. The van der Waals surface area contributed by atoms with E-state index >= 15 is 0 Å². The Bertz CT molecular complexity index is 591. The second-order valence-corrected chi connectivity index (χ2v) is 4.80. The van der Waals surface area contributed by atoms with E-state index in [0.29, 0.717) is 0 Å². The molecule has 0 spiro atoms. The van der Waals surface area contributed by atoms with Gasteiger partial charge in [-0.2, -0.15) is 5.10 Å². The molecule has 0 aliphatic rings. The zero-order chi connectivity index (χ0) is 13.7. The van der Waals surface area contributed by atoms with Gasteiger partial charge in [0.25, 0.3) is 0 Å². The highest BCUT2D eigenvalue weighted by Crippen LogP contribution is 2.07. The lowest BCUT2D eigenvalue weighted by Crippen LogP contribution is -2.29. The van der Waals surface area contributed by atoms with Gasteiger partial charge in [0, 0.05) is 25.0 Å². The third-order valence-electron chi connectivity index (χ3n) is 3.00. The van der Waals surface area contributed by atoms with Crippen molar-refractivity contribution in [3.05, 3.63) is 40.7 Å². The number of para-hydroxylation sites is 1. The minimum atomic E-state index is -0.0209. The smallest absolute Gasteiger partial charge is 0.207 e. The molecule has 1 heterocycles. The maximum absolute atomic E-state index is 11.7. The molecule has 1 N–H and O–H groups in total. The average Bonchev–Trinajstić information content (AvgIpc) is 2.41. The Kier molecular flexibility index (Phi) is 4.65. The van der Waals surface area contributed by atoms with E-state index < -0.39 is 0 Å². The van der Waals surface area contributed by atoms with Crippen molar-refractivity contribution >= 4 is 10.9 Å². The normalized spacial score (nSPS) is 11.3.